The Bertz CT molecular complexity index is 832. The lowest BCUT2D eigenvalue weighted by atomic mass is 10.2. The highest BCUT2D eigenvalue weighted by Gasteiger charge is 2.15. The van der Waals surface area contributed by atoms with Crippen LogP contribution in [0.1, 0.15) is 22.8 Å². The zero-order valence-electron chi connectivity index (χ0n) is 14.4. The molecule has 0 saturated carbocycles. The minimum absolute atomic E-state index is 0.0474. The monoisotopic (exact) mass is 362 g/mol. The highest BCUT2D eigenvalue weighted by molar-refractivity contribution is 7.89. The molecule has 25 heavy (non-hydrogen) atoms. The summed E-state index contributed by atoms with van der Waals surface area (Å²) >= 11 is 0. The van der Waals surface area contributed by atoms with Crippen molar-refractivity contribution in [2.75, 3.05) is 13.7 Å². The van der Waals surface area contributed by atoms with Crippen LogP contribution in [0.4, 0.5) is 0 Å². The van der Waals surface area contributed by atoms with Gasteiger partial charge in [-0.05, 0) is 51.2 Å². The Balaban J connectivity index is 1.97. The molecular weight excluding hydrogens is 340 g/mol. The van der Waals surface area contributed by atoms with Gasteiger partial charge in [-0.2, -0.15) is 0 Å². The number of hydrogen-bond donors (Lipinski definition) is 2. The average Bonchev–Trinajstić information content (AvgIpc) is 2.61. The lowest BCUT2D eigenvalue weighted by Gasteiger charge is -2.15. The van der Waals surface area contributed by atoms with Crippen molar-refractivity contribution in [1.82, 2.24) is 10.0 Å². The van der Waals surface area contributed by atoms with Crippen molar-refractivity contribution in [3.8, 4) is 5.75 Å². The smallest absolute Gasteiger partial charge is 0.251 e. The summed E-state index contributed by atoms with van der Waals surface area (Å²) in [6.45, 7) is 4.12. The highest BCUT2D eigenvalue weighted by atomic mass is 32.2. The molecule has 0 radical (unpaired) electrons. The van der Waals surface area contributed by atoms with Crippen molar-refractivity contribution in [1.29, 1.82) is 0 Å². The van der Waals surface area contributed by atoms with Crippen molar-refractivity contribution < 1.29 is 17.9 Å². The summed E-state index contributed by atoms with van der Waals surface area (Å²) in [6.07, 6.45) is 0. The van der Waals surface area contributed by atoms with E-state index >= 15 is 0 Å². The third-order valence-corrected chi connectivity index (χ3v) is 4.99. The highest BCUT2D eigenvalue weighted by Crippen LogP contribution is 2.13. The van der Waals surface area contributed by atoms with Crippen LogP contribution < -0.4 is 14.8 Å². The first-order chi connectivity index (χ1) is 11.8. The molecule has 1 amide bonds. The van der Waals surface area contributed by atoms with Gasteiger partial charge >= 0.3 is 0 Å². The maximum Gasteiger partial charge on any atom is 0.251 e. The second-order valence-electron chi connectivity index (χ2n) is 5.73. The van der Waals surface area contributed by atoms with E-state index < -0.39 is 10.0 Å². The minimum Gasteiger partial charge on any atom is -0.491 e. The zero-order valence-corrected chi connectivity index (χ0v) is 15.3. The van der Waals surface area contributed by atoms with E-state index in [0.717, 1.165) is 11.3 Å². The molecule has 0 unspecified atom stereocenters. The van der Waals surface area contributed by atoms with E-state index in [1.807, 2.05) is 38.1 Å². The predicted molar refractivity (Wildman–Crippen MR) is 96.3 cm³/mol. The molecule has 0 fully saturated rings. The third-order valence-electron chi connectivity index (χ3n) is 3.57. The molecule has 6 nitrogen and oxygen atoms in total. The molecule has 0 spiro atoms. The fraction of sp³-hybridized carbons (Fsp3) is 0.278. The molecule has 0 saturated heterocycles. The first-order valence-electron chi connectivity index (χ1n) is 7.86. The summed E-state index contributed by atoms with van der Waals surface area (Å²) in [4.78, 5) is 12.3. The Morgan fingerprint density at radius 2 is 1.84 bits per heavy atom. The van der Waals surface area contributed by atoms with Crippen LogP contribution in [0, 0.1) is 6.92 Å². The number of nitrogens with one attached hydrogen (secondary N) is 2. The molecule has 0 aliphatic carbocycles. The van der Waals surface area contributed by atoms with Crippen molar-refractivity contribution in [3.63, 3.8) is 0 Å². The van der Waals surface area contributed by atoms with Crippen LogP contribution in [0.25, 0.3) is 0 Å². The second kappa shape index (κ2) is 8.13. The topological polar surface area (TPSA) is 84.5 Å². The average molecular weight is 362 g/mol. The van der Waals surface area contributed by atoms with Crippen molar-refractivity contribution in [2.45, 2.75) is 24.8 Å². The number of aryl methyl sites for hydroxylation is 1. The fourth-order valence-corrected chi connectivity index (χ4v) is 2.90. The van der Waals surface area contributed by atoms with Gasteiger partial charge in [-0.1, -0.05) is 23.8 Å². The van der Waals surface area contributed by atoms with E-state index in [0.29, 0.717) is 6.61 Å². The summed E-state index contributed by atoms with van der Waals surface area (Å²) in [5.41, 5.74) is 1.42. The fourth-order valence-electron chi connectivity index (χ4n) is 2.13. The molecular formula is C18H22N2O4S. The SMILES string of the molecule is CNS(=O)(=O)c1cccc(C(=O)N[C@H](C)COc2ccc(C)cc2)c1. The molecule has 2 N–H and O–H groups in total. The Labute approximate surface area is 148 Å². The number of rotatable bonds is 7. The number of amides is 1. The van der Waals surface area contributed by atoms with Crippen LogP contribution in [-0.2, 0) is 10.0 Å². The summed E-state index contributed by atoms with van der Waals surface area (Å²) < 4.78 is 31.5. The molecule has 0 aliphatic heterocycles. The van der Waals surface area contributed by atoms with Crippen molar-refractivity contribution in [2.24, 2.45) is 0 Å². The van der Waals surface area contributed by atoms with Gasteiger partial charge in [0.25, 0.3) is 5.91 Å². The number of carbonyl (C=O) groups is 1. The second-order valence-corrected chi connectivity index (χ2v) is 7.62. The first-order valence-corrected chi connectivity index (χ1v) is 9.34. The number of hydrogen-bond acceptors (Lipinski definition) is 4. The first kappa shape index (κ1) is 19.0. The molecule has 0 heterocycles. The molecule has 1 atom stereocenters. The lowest BCUT2D eigenvalue weighted by molar-refractivity contribution is 0.0926. The van der Waals surface area contributed by atoms with E-state index in [-0.39, 0.29) is 22.4 Å². The molecule has 2 rings (SSSR count). The van der Waals surface area contributed by atoms with E-state index in [4.69, 9.17) is 4.74 Å². The van der Waals surface area contributed by atoms with Gasteiger partial charge in [-0.3, -0.25) is 4.79 Å². The van der Waals surface area contributed by atoms with Gasteiger partial charge in [0.05, 0.1) is 10.9 Å². The Morgan fingerprint density at radius 1 is 1.16 bits per heavy atom. The molecule has 0 aliphatic rings. The van der Waals surface area contributed by atoms with Crippen molar-refractivity contribution >= 4 is 15.9 Å². The Morgan fingerprint density at radius 3 is 2.48 bits per heavy atom. The number of sulfonamides is 1. The number of benzene rings is 2. The van der Waals surface area contributed by atoms with E-state index in [1.165, 1.54) is 25.2 Å². The summed E-state index contributed by atoms with van der Waals surface area (Å²) in [5.74, 6) is 0.377. The lowest BCUT2D eigenvalue weighted by Crippen LogP contribution is -2.36. The van der Waals surface area contributed by atoms with E-state index in [2.05, 4.69) is 10.0 Å². The zero-order chi connectivity index (χ0) is 18.4. The maximum absolute atomic E-state index is 12.3. The molecule has 0 aromatic heterocycles. The third kappa shape index (κ3) is 5.30. The summed E-state index contributed by atoms with van der Waals surface area (Å²) in [5, 5.41) is 2.80. The van der Waals surface area contributed by atoms with Gasteiger partial charge in [-0.25, -0.2) is 13.1 Å². The molecule has 2 aromatic rings. The minimum atomic E-state index is -3.59. The van der Waals surface area contributed by atoms with Crippen LogP contribution in [0.15, 0.2) is 53.4 Å². The molecule has 7 heteroatoms. The van der Waals surface area contributed by atoms with Gasteiger partial charge in [-0.15, -0.1) is 0 Å². The predicted octanol–water partition coefficient (Wildman–Crippen LogP) is 2.10. The molecule has 0 bridgehead atoms. The summed E-state index contributed by atoms with van der Waals surface area (Å²) in [6, 6.07) is 13.3. The summed E-state index contributed by atoms with van der Waals surface area (Å²) in [7, 11) is -2.26. The van der Waals surface area contributed by atoms with Crippen LogP contribution in [0.2, 0.25) is 0 Å². The Hall–Kier alpha value is -2.38. The molecule has 134 valence electrons. The number of carbonyl (C=O) groups excluding carboxylic acids is 1. The van der Waals surface area contributed by atoms with Crippen LogP contribution in [0.3, 0.4) is 0 Å². The van der Waals surface area contributed by atoms with Gasteiger partial charge in [0.1, 0.15) is 12.4 Å². The van der Waals surface area contributed by atoms with E-state index in [9.17, 15) is 13.2 Å². The standard InChI is InChI=1S/C18H22N2O4S/c1-13-7-9-16(10-8-13)24-12-14(2)20-18(21)15-5-4-6-17(11-15)25(22,23)19-3/h4-11,14,19H,12H2,1-3H3,(H,20,21)/t14-/m1/s1. The maximum atomic E-state index is 12.3. The number of ether oxygens (including phenoxy) is 1. The van der Waals surface area contributed by atoms with E-state index in [1.54, 1.807) is 6.07 Å². The van der Waals surface area contributed by atoms with Gasteiger partial charge in [0, 0.05) is 5.56 Å². The van der Waals surface area contributed by atoms with Crippen molar-refractivity contribution in [3.05, 3.63) is 59.7 Å². The van der Waals surface area contributed by atoms with Gasteiger partial charge in [0.15, 0.2) is 0 Å². The van der Waals surface area contributed by atoms with Crippen LogP contribution in [0.5, 0.6) is 5.75 Å². The van der Waals surface area contributed by atoms with Gasteiger partial charge in [0.2, 0.25) is 10.0 Å². The van der Waals surface area contributed by atoms with Gasteiger partial charge < -0.3 is 10.1 Å². The normalized spacial score (nSPS) is 12.4. The van der Waals surface area contributed by atoms with Crippen LogP contribution >= 0.6 is 0 Å². The molecule has 2 aromatic carbocycles. The Kier molecular flexibility index (Phi) is 6.17. The van der Waals surface area contributed by atoms with Crippen LogP contribution in [-0.4, -0.2) is 34.0 Å². The largest absolute Gasteiger partial charge is 0.491 e. The quantitative estimate of drug-likeness (QED) is 0.790.